The molecule has 2 N–H and O–H groups in total. The van der Waals surface area contributed by atoms with E-state index in [4.69, 9.17) is 0 Å². The molecule has 0 aliphatic carbocycles. The zero-order valence-corrected chi connectivity index (χ0v) is 9.48. The molecular weight excluding hydrogens is 230 g/mol. The zero-order chi connectivity index (χ0) is 12.2. The third-order valence-electron chi connectivity index (χ3n) is 2.42. The van der Waals surface area contributed by atoms with Crippen LogP contribution < -0.4 is 5.32 Å². The van der Waals surface area contributed by atoms with E-state index in [1.807, 2.05) is 29.1 Å². The molecule has 90 valence electrons. The SMILES string of the molecule is c1ccc(Cn2cc(Nc3nn[nH]n3)cn2)cc1. The Morgan fingerprint density at radius 2 is 2.11 bits per heavy atom. The van der Waals surface area contributed by atoms with E-state index >= 15 is 0 Å². The van der Waals surface area contributed by atoms with Crippen molar-refractivity contribution in [3.05, 3.63) is 48.3 Å². The second kappa shape index (κ2) is 4.66. The van der Waals surface area contributed by atoms with Crippen molar-refractivity contribution in [3.63, 3.8) is 0 Å². The summed E-state index contributed by atoms with van der Waals surface area (Å²) < 4.78 is 1.84. The topological polar surface area (TPSA) is 84.3 Å². The van der Waals surface area contributed by atoms with Gasteiger partial charge in [-0.05, 0) is 10.8 Å². The molecule has 0 atom stereocenters. The molecule has 0 saturated carbocycles. The van der Waals surface area contributed by atoms with Crippen molar-refractivity contribution in [1.82, 2.24) is 30.4 Å². The van der Waals surface area contributed by atoms with Crippen LogP contribution in [-0.4, -0.2) is 30.4 Å². The number of aromatic nitrogens is 6. The number of aromatic amines is 1. The molecule has 3 aromatic rings. The van der Waals surface area contributed by atoms with Gasteiger partial charge in [-0.2, -0.15) is 10.3 Å². The van der Waals surface area contributed by atoms with E-state index in [2.05, 4.69) is 43.2 Å². The minimum atomic E-state index is 0.425. The number of hydrogen-bond acceptors (Lipinski definition) is 5. The lowest BCUT2D eigenvalue weighted by Crippen LogP contribution is -1.99. The van der Waals surface area contributed by atoms with Gasteiger partial charge in [-0.15, -0.1) is 5.10 Å². The molecule has 0 radical (unpaired) electrons. The lowest BCUT2D eigenvalue weighted by atomic mass is 10.2. The molecule has 0 spiro atoms. The van der Waals surface area contributed by atoms with E-state index in [9.17, 15) is 0 Å². The van der Waals surface area contributed by atoms with Crippen LogP contribution in [0.5, 0.6) is 0 Å². The third kappa shape index (κ3) is 2.34. The van der Waals surface area contributed by atoms with Crippen LogP contribution in [0.3, 0.4) is 0 Å². The average Bonchev–Trinajstić information content (AvgIpc) is 3.03. The Morgan fingerprint density at radius 1 is 1.22 bits per heavy atom. The van der Waals surface area contributed by atoms with Crippen LogP contribution >= 0.6 is 0 Å². The molecule has 2 heterocycles. The first-order valence-electron chi connectivity index (χ1n) is 5.47. The fourth-order valence-corrected chi connectivity index (χ4v) is 1.63. The Morgan fingerprint density at radius 3 is 2.89 bits per heavy atom. The molecule has 0 saturated heterocycles. The van der Waals surface area contributed by atoms with Gasteiger partial charge in [0.15, 0.2) is 0 Å². The smallest absolute Gasteiger partial charge is 0.267 e. The summed E-state index contributed by atoms with van der Waals surface area (Å²) in [4.78, 5) is 0. The van der Waals surface area contributed by atoms with Crippen molar-refractivity contribution in [2.75, 3.05) is 5.32 Å². The minimum Gasteiger partial charge on any atom is -0.319 e. The number of nitrogens with zero attached hydrogens (tertiary/aromatic N) is 5. The Labute approximate surface area is 103 Å². The summed E-state index contributed by atoms with van der Waals surface area (Å²) in [6.07, 6.45) is 3.61. The maximum Gasteiger partial charge on any atom is 0.267 e. The number of rotatable bonds is 4. The van der Waals surface area contributed by atoms with E-state index in [1.54, 1.807) is 6.20 Å². The second-order valence-electron chi connectivity index (χ2n) is 3.77. The fraction of sp³-hybridized carbons (Fsp3) is 0.0909. The Balaban J connectivity index is 1.70. The maximum absolute atomic E-state index is 4.26. The molecular formula is C11H11N7. The van der Waals surface area contributed by atoms with Crippen molar-refractivity contribution in [3.8, 4) is 0 Å². The Hall–Kier alpha value is -2.70. The highest BCUT2D eigenvalue weighted by atomic mass is 15.5. The molecule has 0 amide bonds. The van der Waals surface area contributed by atoms with E-state index < -0.39 is 0 Å². The fourth-order valence-electron chi connectivity index (χ4n) is 1.63. The quantitative estimate of drug-likeness (QED) is 0.716. The van der Waals surface area contributed by atoms with Gasteiger partial charge in [0.05, 0.1) is 18.4 Å². The molecule has 18 heavy (non-hydrogen) atoms. The number of tetrazole rings is 1. The molecule has 0 aliphatic rings. The molecule has 1 aromatic carbocycles. The third-order valence-corrected chi connectivity index (χ3v) is 2.42. The zero-order valence-electron chi connectivity index (χ0n) is 9.48. The summed E-state index contributed by atoms with van der Waals surface area (Å²) in [7, 11) is 0. The summed E-state index contributed by atoms with van der Waals surface area (Å²) in [5, 5.41) is 20.7. The number of anilines is 2. The van der Waals surface area contributed by atoms with Gasteiger partial charge in [-0.25, -0.2) is 0 Å². The van der Waals surface area contributed by atoms with Crippen molar-refractivity contribution in [2.45, 2.75) is 6.54 Å². The standard InChI is InChI=1S/C11H11N7/c1-2-4-9(5-3-1)7-18-8-10(6-12-18)13-11-14-16-17-15-11/h1-6,8H,7H2,(H2,13,14,15,16,17). The number of nitrogens with one attached hydrogen (secondary N) is 2. The van der Waals surface area contributed by atoms with Crippen LogP contribution in [0, 0.1) is 0 Å². The predicted octanol–water partition coefficient (Wildman–Crippen LogP) is 1.19. The normalized spacial score (nSPS) is 10.4. The average molecular weight is 241 g/mol. The number of hydrogen-bond donors (Lipinski definition) is 2. The predicted molar refractivity (Wildman–Crippen MR) is 65.2 cm³/mol. The van der Waals surface area contributed by atoms with E-state index in [0.29, 0.717) is 5.95 Å². The van der Waals surface area contributed by atoms with E-state index in [1.165, 1.54) is 5.56 Å². The maximum atomic E-state index is 4.26. The Kier molecular flexibility index (Phi) is 2.71. The largest absolute Gasteiger partial charge is 0.319 e. The van der Waals surface area contributed by atoms with Crippen molar-refractivity contribution < 1.29 is 0 Å². The van der Waals surface area contributed by atoms with Gasteiger partial charge in [0.1, 0.15) is 0 Å². The molecule has 0 aliphatic heterocycles. The molecule has 3 rings (SSSR count). The molecule has 0 bridgehead atoms. The summed E-state index contributed by atoms with van der Waals surface area (Å²) in [6, 6.07) is 10.1. The summed E-state index contributed by atoms with van der Waals surface area (Å²) in [5.74, 6) is 0.425. The molecule has 0 unspecified atom stereocenters. The summed E-state index contributed by atoms with van der Waals surface area (Å²) in [6.45, 7) is 0.731. The highest BCUT2D eigenvalue weighted by Crippen LogP contribution is 2.11. The highest BCUT2D eigenvalue weighted by molar-refractivity contribution is 5.49. The first-order valence-corrected chi connectivity index (χ1v) is 5.47. The van der Waals surface area contributed by atoms with Gasteiger partial charge in [-0.3, -0.25) is 4.68 Å². The van der Waals surface area contributed by atoms with Crippen molar-refractivity contribution in [2.24, 2.45) is 0 Å². The van der Waals surface area contributed by atoms with Gasteiger partial charge >= 0.3 is 0 Å². The van der Waals surface area contributed by atoms with E-state index in [-0.39, 0.29) is 0 Å². The molecule has 7 heteroatoms. The van der Waals surface area contributed by atoms with Crippen molar-refractivity contribution >= 4 is 11.6 Å². The van der Waals surface area contributed by atoms with Gasteiger partial charge in [0, 0.05) is 6.20 Å². The number of benzene rings is 1. The summed E-state index contributed by atoms with van der Waals surface area (Å²) in [5.41, 5.74) is 2.03. The van der Waals surface area contributed by atoms with E-state index in [0.717, 1.165) is 12.2 Å². The van der Waals surface area contributed by atoms with Crippen LogP contribution in [0.1, 0.15) is 5.56 Å². The second-order valence-corrected chi connectivity index (χ2v) is 3.77. The minimum absolute atomic E-state index is 0.425. The van der Waals surface area contributed by atoms with Crippen LogP contribution in [0.15, 0.2) is 42.7 Å². The van der Waals surface area contributed by atoms with Crippen LogP contribution in [0.2, 0.25) is 0 Å². The molecule has 2 aromatic heterocycles. The Bertz CT molecular complexity index is 599. The van der Waals surface area contributed by atoms with Crippen LogP contribution in [0.25, 0.3) is 0 Å². The first kappa shape index (κ1) is 10.5. The van der Waals surface area contributed by atoms with Crippen molar-refractivity contribution in [1.29, 1.82) is 0 Å². The number of H-pyrrole nitrogens is 1. The van der Waals surface area contributed by atoms with Gasteiger partial charge in [0.2, 0.25) is 0 Å². The molecule has 0 fully saturated rings. The molecule has 7 nitrogen and oxygen atoms in total. The van der Waals surface area contributed by atoms with Gasteiger partial charge < -0.3 is 5.32 Å². The highest BCUT2D eigenvalue weighted by Gasteiger charge is 2.02. The lowest BCUT2D eigenvalue weighted by molar-refractivity contribution is 0.687. The van der Waals surface area contributed by atoms with Crippen LogP contribution in [0.4, 0.5) is 11.6 Å². The van der Waals surface area contributed by atoms with Gasteiger partial charge in [-0.1, -0.05) is 35.4 Å². The van der Waals surface area contributed by atoms with Gasteiger partial charge in [0.25, 0.3) is 5.95 Å². The lowest BCUT2D eigenvalue weighted by Gasteiger charge is -2.00. The monoisotopic (exact) mass is 241 g/mol. The van der Waals surface area contributed by atoms with Crippen LogP contribution in [-0.2, 0) is 6.54 Å². The first-order chi connectivity index (χ1) is 8.90. The summed E-state index contributed by atoms with van der Waals surface area (Å²) >= 11 is 0.